The summed E-state index contributed by atoms with van der Waals surface area (Å²) in [6.45, 7) is 0. The van der Waals surface area contributed by atoms with Crippen molar-refractivity contribution >= 4 is 22.7 Å². The minimum Gasteiger partial charge on any atom is -0.356 e. The molecule has 0 atom stereocenters. The van der Waals surface area contributed by atoms with Crippen LogP contribution in [0.4, 0.5) is 22.7 Å². The van der Waals surface area contributed by atoms with Gasteiger partial charge in [0, 0.05) is 29.8 Å². The molecule has 0 saturated carbocycles. The highest BCUT2D eigenvalue weighted by molar-refractivity contribution is 5.62. The summed E-state index contributed by atoms with van der Waals surface area (Å²) in [7, 11) is 2.07. The Labute approximate surface area is 161 Å². The lowest BCUT2D eigenvalue weighted by molar-refractivity contribution is 1.21. The zero-order valence-electron chi connectivity index (χ0n) is 15.5. The molecule has 0 heterocycles. The first kappa shape index (κ1) is 18.3. The second-order valence-electron chi connectivity index (χ2n) is 6.09. The van der Waals surface area contributed by atoms with Crippen molar-refractivity contribution in [2.75, 3.05) is 17.3 Å². The van der Waals surface area contributed by atoms with E-state index in [1.54, 1.807) is 0 Å². The highest BCUT2D eigenvalue weighted by Gasteiger charge is 2.00. The fourth-order valence-corrected chi connectivity index (χ4v) is 2.66. The summed E-state index contributed by atoms with van der Waals surface area (Å²) in [5.74, 6) is 0. The Morgan fingerprint density at radius 1 is 0.444 bits per heavy atom. The molecular formula is C25H24N2. The number of hydrogen-bond donors (Lipinski definition) is 1. The van der Waals surface area contributed by atoms with E-state index >= 15 is 0 Å². The van der Waals surface area contributed by atoms with E-state index < -0.39 is 0 Å². The third kappa shape index (κ3) is 5.75. The van der Waals surface area contributed by atoms with Gasteiger partial charge in [0.15, 0.2) is 0 Å². The number of anilines is 4. The van der Waals surface area contributed by atoms with E-state index in [-0.39, 0.29) is 0 Å². The predicted molar refractivity (Wildman–Crippen MR) is 117 cm³/mol. The molecule has 0 radical (unpaired) electrons. The van der Waals surface area contributed by atoms with E-state index in [0.29, 0.717) is 0 Å². The summed E-state index contributed by atoms with van der Waals surface area (Å²) >= 11 is 0. The number of nitrogens with zero attached hydrogens (tertiary/aromatic N) is 1. The molecule has 0 amide bonds. The van der Waals surface area contributed by atoms with Crippen molar-refractivity contribution in [3.8, 4) is 0 Å². The summed E-state index contributed by atoms with van der Waals surface area (Å²) in [5, 5.41) is 3.30. The van der Waals surface area contributed by atoms with Gasteiger partial charge in [-0.15, -0.1) is 0 Å². The van der Waals surface area contributed by atoms with Crippen molar-refractivity contribution in [1.82, 2.24) is 0 Å². The first-order chi connectivity index (χ1) is 13.3. The number of nitrogens with one attached hydrogen (secondary N) is 1. The average molecular weight is 352 g/mol. The van der Waals surface area contributed by atoms with E-state index in [1.165, 1.54) is 11.4 Å². The quantitative estimate of drug-likeness (QED) is 0.430. The lowest BCUT2D eigenvalue weighted by Crippen LogP contribution is -2.08. The highest BCUT2D eigenvalue weighted by Crippen LogP contribution is 2.21. The molecule has 2 nitrogen and oxygen atoms in total. The molecule has 4 aromatic carbocycles. The van der Waals surface area contributed by atoms with Crippen LogP contribution in [0.2, 0.25) is 0 Å². The van der Waals surface area contributed by atoms with Gasteiger partial charge >= 0.3 is 0 Å². The fraction of sp³-hybridized carbons (Fsp3) is 0.0400. The van der Waals surface area contributed by atoms with Gasteiger partial charge < -0.3 is 10.2 Å². The van der Waals surface area contributed by atoms with Gasteiger partial charge in [0.25, 0.3) is 0 Å². The summed E-state index contributed by atoms with van der Waals surface area (Å²) in [6, 6.07) is 41.0. The van der Waals surface area contributed by atoms with Crippen LogP contribution in [0.3, 0.4) is 0 Å². The van der Waals surface area contributed by atoms with Crippen LogP contribution in [0.1, 0.15) is 0 Å². The fourth-order valence-electron chi connectivity index (χ4n) is 2.66. The van der Waals surface area contributed by atoms with E-state index in [1.807, 2.05) is 72.8 Å². The second kappa shape index (κ2) is 9.83. The first-order valence-corrected chi connectivity index (χ1v) is 9.04. The molecule has 27 heavy (non-hydrogen) atoms. The van der Waals surface area contributed by atoms with Gasteiger partial charge in [-0.1, -0.05) is 72.8 Å². The minimum absolute atomic E-state index is 1.12. The van der Waals surface area contributed by atoms with Crippen LogP contribution >= 0.6 is 0 Å². The number of para-hydroxylation sites is 4. The normalized spacial score (nSPS) is 9.67. The topological polar surface area (TPSA) is 15.3 Å². The monoisotopic (exact) mass is 352 g/mol. The van der Waals surface area contributed by atoms with Crippen LogP contribution in [0.25, 0.3) is 0 Å². The number of hydrogen-bond acceptors (Lipinski definition) is 2. The largest absolute Gasteiger partial charge is 0.356 e. The van der Waals surface area contributed by atoms with Crippen molar-refractivity contribution < 1.29 is 0 Å². The Morgan fingerprint density at radius 2 is 0.741 bits per heavy atom. The summed E-state index contributed by atoms with van der Waals surface area (Å²) in [4.78, 5) is 2.17. The maximum Gasteiger partial charge on any atom is 0.0408 e. The zero-order valence-corrected chi connectivity index (χ0v) is 15.5. The van der Waals surface area contributed by atoms with E-state index in [4.69, 9.17) is 0 Å². The molecule has 0 aromatic heterocycles. The van der Waals surface area contributed by atoms with Gasteiger partial charge in [-0.05, 0) is 48.5 Å². The SMILES string of the molecule is CN(c1ccccc1)c1ccccc1.c1ccc(Nc2ccccc2)cc1. The number of rotatable bonds is 4. The lowest BCUT2D eigenvalue weighted by Gasteiger charge is -2.18. The standard InChI is InChI=1S/C13H13N.C12H11N/c1-14(12-8-4-2-5-9-12)13-10-6-3-7-11-13;1-3-7-11(8-4-1)13-12-9-5-2-6-10-12/h2-11H,1H3;1-10,13H. The predicted octanol–water partition coefficient (Wildman–Crippen LogP) is 6.88. The van der Waals surface area contributed by atoms with Crippen LogP contribution in [0.5, 0.6) is 0 Å². The minimum atomic E-state index is 1.12. The molecule has 0 saturated heterocycles. The van der Waals surface area contributed by atoms with Crippen LogP contribution in [-0.2, 0) is 0 Å². The molecule has 0 spiro atoms. The Morgan fingerprint density at radius 3 is 1.07 bits per heavy atom. The van der Waals surface area contributed by atoms with Crippen molar-refractivity contribution in [1.29, 1.82) is 0 Å². The second-order valence-corrected chi connectivity index (χ2v) is 6.09. The molecule has 2 heteroatoms. The smallest absolute Gasteiger partial charge is 0.0408 e. The van der Waals surface area contributed by atoms with Gasteiger partial charge in [-0.2, -0.15) is 0 Å². The van der Waals surface area contributed by atoms with Crippen molar-refractivity contribution in [2.24, 2.45) is 0 Å². The molecule has 4 aromatic rings. The number of benzene rings is 4. The molecule has 0 unspecified atom stereocenters. The molecule has 134 valence electrons. The van der Waals surface area contributed by atoms with Crippen LogP contribution in [0.15, 0.2) is 121 Å². The van der Waals surface area contributed by atoms with Crippen molar-refractivity contribution in [3.05, 3.63) is 121 Å². The zero-order chi connectivity index (χ0) is 18.7. The molecule has 0 aliphatic carbocycles. The molecular weight excluding hydrogens is 328 g/mol. The lowest BCUT2D eigenvalue weighted by atomic mass is 10.2. The van der Waals surface area contributed by atoms with Crippen molar-refractivity contribution in [2.45, 2.75) is 0 Å². The van der Waals surface area contributed by atoms with E-state index in [0.717, 1.165) is 11.4 Å². The van der Waals surface area contributed by atoms with Gasteiger partial charge in [0.1, 0.15) is 0 Å². The molecule has 0 aliphatic rings. The third-order valence-electron chi connectivity index (χ3n) is 4.12. The molecule has 4 rings (SSSR count). The summed E-state index contributed by atoms with van der Waals surface area (Å²) < 4.78 is 0. The molecule has 0 bridgehead atoms. The maximum atomic E-state index is 3.30. The van der Waals surface area contributed by atoms with Crippen molar-refractivity contribution in [3.63, 3.8) is 0 Å². The van der Waals surface area contributed by atoms with E-state index in [2.05, 4.69) is 65.8 Å². The molecule has 0 fully saturated rings. The van der Waals surface area contributed by atoms with Gasteiger partial charge in [0.05, 0.1) is 0 Å². The van der Waals surface area contributed by atoms with Crippen LogP contribution < -0.4 is 10.2 Å². The third-order valence-corrected chi connectivity index (χ3v) is 4.12. The highest BCUT2D eigenvalue weighted by atomic mass is 15.1. The van der Waals surface area contributed by atoms with Crippen LogP contribution in [0, 0.1) is 0 Å². The summed E-state index contributed by atoms with van der Waals surface area (Å²) in [5.41, 5.74) is 4.65. The maximum absolute atomic E-state index is 3.30. The Kier molecular flexibility index (Phi) is 6.66. The van der Waals surface area contributed by atoms with Crippen LogP contribution in [-0.4, -0.2) is 7.05 Å². The Bertz CT molecular complexity index is 815. The van der Waals surface area contributed by atoms with E-state index in [9.17, 15) is 0 Å². The van der Waals surface area contributed by atoms with Gasteiger partial charge in [-0.25, -0.2) is 0 Å². The Balaban J connectivity index is 0.000000156. The molecule has 0 aliphatic heterocycles. The Hall–Kier alpha value is -3.52. The van der Waals surface area contributed by atoms with Gasteiger partial charge in [-0.3, -0.25) is 0 Å². The average Bonchev–Trinajstić information content (AvgIpc) is 2.76. The first-order valence-electron chi connectivity index (χ1n) is 9.04. The van der Waals surface area contributed by atoms with Gasteiger partial charge in [0.2, 0.25) is 0 Å². The molecule has 1 N–H and O–H groups in total. The summed E-state index contributed by atoms with van der Waals surface area (Å²) in [6.07, 6.45) is 0.